The van der Waals surface area contributed by atoms with Crippen molar-refractivity contribution in [1.82, 2.24) is 0 Å². The zero-order valence-electron chi connectivity index (χ0n) is 10.2. The summed E-state index contributed by atoms with van der Waals surface area (Å²) < 4.78 is 19.9. The summed E-state index contributed by atoms with van der Waals surface area (Å²) in [4.78, 5) is 11.6. The molecule has 0 fully saturated rings. The predicted octanol–water partition coefficient (Wildman–Crippen LogP) is 4.27. The monoisotopic (exact) mass is 354 g/mol. The second-order valence-corrected chi connectivity index (χ2v) is 5.79. The summed E-state index contributed by atoms with van der Waals surface area (Å²) in [6, 6.07) is 10.4. The van der Waals surface area contributed by atoms with Crippen LogP contribution in [-0.4, -0.2) is 6.29 Å². The van der Waals surface area contributed by atoms with Crippen molar-refractivity contribution in [2.45, 2.75) is 12.0 Å². The summed E-state index contributed by atoms with van der Waals surface area (Å²) in [5.41, 5.74) is 0.311. The van der Waals surface area contributed by atoms with Crippen molar-refractivity contribution in [1.29, 1.82) is 0 Å². The fraction of sp³-hybridized carbons (Fsp3) is 0.133. The second kappa shape index (κ2) is 4.86. The third kappa shape index (κ3) is 1.95. The second-order valence-electron chi connectivity index (χ2n) is 4.62. The standard InChI is InChI=1S/C15H9BrClFO2/c16-13-10-7-15(8-19,9-4-2-1-3-5-9)20-12(10)6-11(18)14(13)17/h1-6,8H,7H2. The van der Waals surface area contributed by atoms with E-state index in [9.17, 15) is 9.18 Å². The fourth-order valence-electron chi connectivity index (χ4n) is 2.38. The fourth-order valence-corrected chi connectivity index (χ4v) is 3.07. The minimum Gasteiger partial charge on any atom is -0.474 e. The van der Waals surface area contributed by atoms with Gasteiger partial charge in [-0.25, -0.2) is 4.39 Å². The van der Waals surface area contributed by atoms with Gasteiger partial charge in [0.2, 0.25) is 0 Å². The van der Waals surface area contributed by atoms with Gasteiger partial charge in [0.05, 0.1) is 5.02 Å². The van der Waals surface area contributed by atoms with Crippen molar-refractivity contribution in [3.8, 4) is 5.75 Å². The van der Waals surface area contributed by atoms with Gasteiger partial charge in [0.1, 0.15) is 11.6 Å². The molecule has 0 aromatic heterocycles. The average molecular weight is 356 g/mol. The van der Waals surface area contributed by atoms with Crippen LogP contribution in [0.15, 0.2) is 40.9 Å². The molecular formula is C15H9BrClFO2. The van der Waals surface area contributed by atoms with Gasteiger partial charge in [-0.1, -0.05) is 41.9 Å². The smallest absolute Gasteiger partial charge is 0.193 e. The summed E-state index contributed by atoms with van der Waals surface area (Å²) in [6.45, 7) is 0. The first kappa shape index (κ1) is 13.6. The van der Waals surface area contributed by atoms with E-state index in [1.54, 1.807) is 0 Å². The number of carbonyl (C=O) groups excluding carboxylic acids is 1. The maximum atomic E-state index is 13.7. The van der Waals surface area contributed by atoms with Crippen molar-refractivity contribution in [3.05, 3.63) is 62.8 Å². The first-order chi connectivity index (χ1) is 9.57. The van der Waals surface area contributed by atoms with Gasteiger partial charge in [-0.05, 0) is 15.9 Å². The van der Waals surface area contributed by atoms with E-state index in [-0.39, 0.29) is 5.02 Å². The van der Waals surface area contributed by atoms with E-state index in [0.717, 1.165) is 11.8 Å². The Kier molecular flexibility index (Phi) is 3.30. The van der Waals surface area contributed by atoms with Crippen LogP contribution in [0, 0.1) is 5.82 Å². The molecule has 1 aliphatic heterocycles. The number of rotatable bonds is 2. The molecule has 3 rings (SSSR count). The van der Waals surface area contributed by atoms with Crippen molar-refractivity contribution in [2.75, 3.05) is 0 Å². The molecule has 0 amide bonds. The molecule has 0 aliphatic carbocycles. The SMILES string of the molecule is O=CC1(c2ccccc2)Cc2c(cc(F)c(Cl)c2Br)O1. The Balaban J connectivity index is 2.13. The summed E-state index contributed by atoms with van der Waals surface area (Å²) in [7, 11) is 0. The van der Waals surface area contributed by atoms with Gasteiger partial charge in [0.25, 0.3) is 0 Å². The van der Waals surface area contributed by atoms with Crippen LogP contribution < -0.4 is 4.74 Å². The third-order valence-electron chi connectivity index (χ3n) is 3.41. The van der Waals surface area contributed by atoms with Crippen LogP contribution in [0.25, 0.3) is 0 Å². The lowest BCUT2D eigenvalue weighted by atomic mass is 9.90. The molecule has 2 nitrogen and oxygen atoms in total. The van der Waals surface area contributed by atoms with Crippen molar-refractivity contribution in [3.63, 3.8) is 0 Å². The Hall–Kier alpha value is -1.39. The molecule has 0 N–H and O–H groups in total. The Morgan fingerprint density at radius 3 is 2.70 bits per heavy atom. The molecule has 1 heterocycles. The van der Waals surface area contributed by atoms with E-state index < -0.39 is 11.4 Å². The Labute approximate surface area is 128 Å². The third-order valence-corrected chi connectivity index (χ3v) is 4.88. The first-order valence-corrected chi connectivity index (χ1v) is 7.12. The number of hydrogen-bond acceptors (Lipinski definition) is 2. The highest BCUT2D eigenvalue weighted by molar-refractivity contribution is 9.10. The van der Waals surface area contributed by atoms with E-state index in [2.05, 4.69) is 15.9 Å². The Morgan fingerprint density at radius 1 is 1.35 bits per heavy atom. The molecule has 5 heteroatoms. The van der Waals surface area contributed by atoms with E-state index in [1.807, 2.05) is 30.3 Å². The highest BCUT2D eigenvalue weighted by Gasteiger charge is 2.42. The molecule has 0 saturated heterocycles. The number of carbonyl (C=O) groups is 1. The largest absolute Gasteiger partial charge is 0.474 e. The lowest BCUT2D eigenvalue weighted by Gasteiger charge is -2.22. The predicted molar refractivity (Wildman–Crippen MR) is 77.6 cm³/mol. The van der Waals surface area contributed by atoms with Crippen molar-refractivity contribution < 1.29 is 13.9 Å². The topological polar surface area (TPSA) is 26.3 Å². The van der Waals surface area contributed by atoms with Gasteiger partial charge in [-0.15, -0.1) is 0 Å². The number of ether oxygens (including phenoxy) is 1. The lowest BCUT2D eigenvalue weighted by Crippen LogP contribution is -2.33. The molecule has 0 bridgehead atoms. The van der Waals surface area contributed by atoms with Crippen molar-refractivity contribution in [2.24, 2.45) is 0 Å². The zero-order chi connectivity index (χ0) is 14.3. The molecule has 1 unspecified atom stereocenters. The summed E-state index contributed by atoms with van der Waals surface area (Å²) >= 11 is 9.15. The average Bonchev–Trinajstić information content (AvgIpc) is 2.86. The molecule has 20 heavy (non-hydrogen) atoms. The summed E-state index contributed by atoms with van der Waals surface area (Å²) in [5, 5.41) is 0.00195. The Morgan fingerprint density at radius 2 is 2.05 bits per heavy atom. The van der Waals surface area contributed by atoms with Crippen LogP contribution in [0.3, 0.4) is 0 Å². The molecular weight excluding hydrogens is 347 g/mol. The van der Waals surface area contributed by atoms with Gasteiger partial charge in [0.15, 0.2) is 11.9 Å². The highest BCUT2D eigenvalue weighted by atomic mass is 79.9. The quantitative estimate of drug-likeness (QED) is 0.594. The van der Waals surface area contributed by atoms with Crippen LogP contribution in [0.1, 0.15) is 11.1 Å². The first-order valence-electron chi connectivity index (χ1n) is 5.94. The number of fused-ring (bicyclic) bond motifs is 1. The normalized spacial score (nSPS) is 20.4. The minimum atomic E-state index is -1.12. The molecule has 102 valence electrons. The van der Waals surface area contributed by atoms with Crippen LogP contribution in [0.2, 0.25) is 5.02 Å². The summed E-state index contributed by atoms with van der Waals surface area (Å²) in [6.07, 6.45) is 1.07. The van der Waals surface area contributed by atoms with Crippen LogP contribution in [0.5, 0.6) is 5.75 Å². The minimum absolute atomic E-state index is 0.00195. The molecule has 2 aromatic rings. The maximum absolute atomic E-state index is 13.7. The molecule has 0 radical (unpaired) electrons. The van der Waals surface area contributed by atoms with Gasteiger partial charge < -0.3 is 4.74 Å². The van der Waals surface area contributed by atoms with Crippen LogP contribution >= 0.6 is 27.5 Å². The molecule has 2 aromatic carbocycles. The van der Waals surface area contributed by atoms with Crippen molar-refractivity contribution >= 4 is 33.8 Å². The molecule has 1 aliphatic rings. The maximum Gasteiger partial charge on any atom is 0.193 e. The van der Waals surface area contributed by atoms with Gasteiger partial charge in [-0.3, -0.25) is 4.79 Å². The van der Waals surface area contributed by atoms with Crippen LogP contribution in [-0.2, 0) is 16.8 Å². The van der Waals surface area contributed by atoms with Gasteiger partial charge in [-0.2, -0.15) is 0 Å². The van der Waals surface area contributed by atoms with Gasteiger partial charge in [0, 0.05) is 28.1 Å². The number of halogens is 3. The van der Waals surface area contributed by atoms with E-state index in [1.165, 1.54) is 6.07 Å². The lowest BCUT2D eigenvalue weighted by molar-refractivity contribution is -0.120. The number of hydrogen-bond donors (Lipinski definition) is 0. The molecule has 0 saturated carbocycles. The molecule has 0 spiro atoms. The number of benzene rings is 2. The van der Waals surface area contributed by atoms with E-state index in [0.29, 0.717) is 22.2 Å². The van der Waals surface area contributed by atoms with Crippen LogP contribution in [0.4, 0.5) is 4.39 Å². The van der Waals surface area contributed by atoms with Gasteiger partial charge >= 0.3 is 0 Å². The number of aldehydes is 1. The van der Waals surface area contributed by atoms with E-state index >= 15 is 0 Å². The van der Waals surface area contributed by atoms with E-state index in [4.69, 9.17) is 16.3 Å². The zero-order valence-corrected chi connectivity index (χ0v) is 12.5. The highest BCUT2D eigenvalue weighted by Crippen LogP contribution is 2.46. The summed E-state index contributed by atoms with van der Waals surface area (Å²) in [5.74, 6) is -0.234. The Bertz CT molecular complexity index is 690. The molecule has 1 atom stereocenters.